The Morgan fingerprint density at radius 1 is 0.931 bits per heavy atom. The molecule has 4 aromatic rings. The van der Waals surface area contributed by atoms with Crippen molar-refractivity contribution in [2.45, 2.75) is 4.90 Å². The van der Waals surface area contributed by atoms with Crippen LogP contribution in [-0.4, -0.2) is 21.4 Å². The van der Waals surface area contributed by atoms with Gasteiger partial charge in [-0.3, -0.25) is 4.31 Å². The summed E-state index contributed by atoms with van der Waals surface area (Å²) in [6.07, 6.45) is 2.67. The number of rotatable bonds is 5. The Balaban J connectivity index is 1.56. The molecule has 0 bridgehead atoms. The van der Waals surface area contributed by atoms with Crippen molar-refractivity contribution in [1.82, 2.24) is 0 Å². The Morgan fingerprint density at radius 3 is 2.34 bits per heavy atom. The summed E-state index contributed by atoms with van der Waals surface area (Å²) >= 11 is 0. The van der Waals surface area contributed by atoms with E-state index in [0.29, 0.717) is 17.0 Å². The monoisotopic (exact) mass is 407 g/mol. The second-order valence-corrected chi connectivity index (χ2v) is 8.35. The van der Waals surface area contributed by atoms with Crippen LogP contribution in [-0.2, 0) is 10.0 Å². The quantitative estimate of drug-likeness (QED) is 0.360. The molecule has 0 saturated carbocycles. The van der Waals surface area contributed by atoms with Gasteiger partial charge in [-0.15, -0.1) is 0 Å². The summed E-state index contributed by atoms with van der Waals surface area (Å²) < 4.78 is 37.3. The molecule has 0 saturated heterocycles. The van der Waals surface area contributed by atoms with E-state index in [1.54, 1.807) is 42.5 Å². The van der Waals surface area contributed by atoms with Crippen molar-refractivity contribution in [3.05, 3.63) is 90.9 Å². The standard InChI is InChI=1S/C22H17NO5S/c1-23(29(25,26)21-11-6-16-4-2-3-5-17(16)14-21)19-7-9-20(10-8-19)28-22(24)18-12-13-27-15-18/h2-15H,1H3. The first kappa shape index (κ1) is 18.8. The number of hydrogen-bond acceptors (Lipinski definition) is 5. The Labute approximate surface area is 168 Å². The number of fused-ring (bicyclic) bond motifs is 1. The van der Waals surface area contributed by atoms with Crippen LogP contribution < -0.4 is 9.04 Å². The average molecular weight is 407 g/mol. The molecule has 146 valence electrons. The first-order chi connectivity index (χ1) is 13.9. The predicted molar refractivity (Wildman–Crippen MR) is 110 cm³/mol. The molecule has 3 aromatic carbocycles. The fourth-order valence-corrected chi connectivity index (χ4v) is 4.13. The van der Waals surface area contributed by atoms with Crippen molar-refractivity contribution in [3.8, 4) is 5.75 Å². The van der Waals surface area contributed by atoms with E-state index in [-0.39, 0.29) is 4.90 Å². The molecule has 6 nitrogen and oxygen atoms in total. The van der Waals surface area contributed by atoms with E-state index in [4.69, 9.17) is 9.15 Å². The molecule has 0 unspecified atom stereocenters. The number of benzene rings is 3. The number of hydrogen-bond donors (Lipinski definition) is 0. The molecule has 1 aromatic heterocycles. The zero-order chi connectivity index (χ0) is 20.4. The van der Waals surface area contributed by atoms with Gasteiger partial charge in [-0.25, -0.2) is 13.2 Å². The Bertz CT molecular complexity index is 1260. The number of nitrogens with zero attached hydrogens (tertiary/aromatic N) is 1. The maximum Gasteiger partial charge on any atom is 0.346 e. The van der Waals surface area contributed by atoms with Crippen LogP contribution in [0.25, 0.3) is 10.8 Å². The average Bonchev–Trinajstić information content (AvgIpc) is 3.28. The minimum absolute atomic E-state index is 0.203. The number of carbonyl (C=O) groups excluding carboxylic acids is 1. The van der Waals surface area contributed by atoms with Gasteiger partial charge in [-0.2, -0.15) is 0 Å². The zero-order valence-electron chi connectivity index (χ0n) is 15.5. The third kappa shape index (κ3) is 3.72. The van der Waals surface area contributed by atoms with Crippen LogP contribution >= 0.6 is 0 Å². The van der Waals surface area contributed by atoms with Crippen molar-refractivity contribution in [3.63, 3.8) is 0 Å². The highest BCUT2D eigenvalue weighted by molar-refractivity contribution is 7.92. The van der Waals surface area contributed by atoms with E-state index in [2.05, 4.69) is 0 Å². The van der Waals surface area contributed by atoms with Gasteiger partial charge in [0.1, 0.15) is 12.0 Å². The molecule has 0 atom stereocenters. The fraction of sp³-hybridized carbons (Fsp3) is 0.0455. The lowest BCUT2D eigenvalue weighted by Gasteiger charge is -2.20. The van der Waals surface area contributed by atoms with Crippen molar-refractivity contribution >= 4 is 32.5 Å². The van der Waals surface area contributed by atoms with Crippen LogP contribution in [0.4, 0.5) is 5.69 Å². The molecule has 0 radical (unpaired) electrons. The minimum Gasteiger partial charge on any atom is -0.472 e. The Morgan fingerprint density at radius 2 is 1.66 bits per heavy atom. The summed E-state index contributed by atoms with van der Waals surface area (Å²) in [5.74, 6) is -0.250. The topological polar surface area (TPSA) is 76.8 Å². The lowest BCUT2D eigenvalue weighted by atomic mass is 10.1. The van der Waals surface area contributed by atoms with E-state index in [1.807, 2.05) is 24.3 Å². The Hall–Kier alpha value is -3.58. The van der Waals surface area contributed by atoms with E-state index in [9.17, 15) is 13.2 Å². The van der Waals surface area contributed by atoms with Gasteiger partial charge in [0.15, 0.2) is 0 Å². The minimum atomic E-state index is -3.74. The number of ether oxygens (including phenoxy) is 1. The second-order valence-electron chi connectivity index (χ2n) is 6.38. The van der Waals surface area contributed by atoms with E-state index in [1.165, 1.54) is 29.9 Å². The van der Waals surface area contributed by atoms with Gasteiger partial charge in [0.25, 0.3) is 10.0 Å². The van der Waals surface area contributed by atoms with E-state index in [0.717, 1.165) is 10.8 Å². The summed E-state index contributed by atoms with van der Waals surface area (Å²) in [6, 6.07) is 20.4. The van der Waals surface area contributed by atoms with E-state index >= 15 is 0 Å². The molecule has 29 heavy (non-hydrogen) atoms. The maximum atomic E-state index is 13.0. The highest BCUT2D eigenvalue weighted by atomic mass is 32.2. The molecule has 0 N–H and O–H groups in total. The van der Waals surface area contributed by atoms with E-state index < -0.39 is 16.0 Å². The van der Waals surface area contributed by atoms with Crippen LogP contribution in [0.15, 0.2) is 94.6 Å². The third-order valence-corrected chi connectivity index (χ3v) is 6.33. The van der Waals surface area contributed by atoms with Crippen LogP contribution in [0, 0.1) is 0 Å². The summed E-state index contributed by atoms with van der Waals surface area (Å²) in [7, 11) is -2.26. The van der Waals surface area contributed by atoms with Gasteiger partial charge in [0, 0.05) is 7.05 Å². The summed E-state index contributed by atoms with van der Waals surface area (Å²) in [6.45, 7) is 0. The summed E-state index contributed by atoms with van der Waals surface area (Å²) in [5.41, 5.74) is 0.742. The first-order valence-corrected chi connectivity index (χ1v) is 10.2. The highest BCUT2D eigenvalue weighted by Crippen LogP contribution is 2.26. The SMILES string of the molecule is CN(c1ccc(OC(=O)c2ccoc2)cc1)S(=O)(=O)c1ccc2ccccc2c1. The predicted octanol–water partition coefficient (Wildman–Crippen LogP) is 4.48. The molecule has 0 spiro atoms. The zero-order valence-corrected chi connectivity index (χ0v) is 16.3. The number of carbonyl (C=O) groups is 1. The van der Waals surface area contributed by atoms with Crippen LogP contribution in [0.1, 0.15) is 10.4 Å². The van der Waals surface area contributed by atoms with Crippen molar-refractivity contribution < 1.29 is 22.4 Å². The molecule has 0 aliphatic rings. The van der Waals surface area contributed by atoms with Gasteiger partial charge >= 0.3 is 5.97 Å². The number of furan rings is 1. The third-order valence-electron chi connectivity index (χ3n) is 4.55. The normalized spacial score (nSPS) is 11.3. The smallest absolute Gasteiger partial charge is 0.346 e. The molecule has 1 heterocycles. The van der Waals surface area contributed by atoms with Crippen molar-refractivity contribution in [1.29, 1.82) is 0 Å². The number of anilines is 1. The van der Waals surface area contributed by atoms with Crippen LogP contribution in [0.5, 0.6) is 5.75 Å². The molecular formula is C22H17NO5S. The fourth-order valence-electron chi connectivity index (χ4n) is 2.90. The van der Waals surface area contributed by atoms with Gasteiger partial charge < -0.3 is 9.15 Å². The first-order valence-electron chi connectivity index (χ1n) is 8.77. The van der Waals surface area contributed by atoms with Gasteiger partial charge in [0.05, 0.1) is 22.4 Å². The molecule has 0 aliphatic heterocycles. The van der Waals surface area contributed by atoms with Crippen LogP contribution in [0.3, 0.4) is 0 Å². The number of esters is 1. The maximum absolute atomic E-state index is 13.0. The lowest BCUT2D eigenvalue weighted by molar-refractivity contribution is 0.0734. The van der Waals surface area contributed by atoms with Gasteiger partial charge in [-0.05, 0) is 53.2 Å². The number of sulfonamides is 1. The highest BCUT2D eigenvalue weighted by Gasteiger charge is 2.22. The van der Waals surface area contributed by atoms with Crippen molar-refractivity contribution in [2.24, 2.45) is 0 Å². The van der Waals surface area contributed by atoms with Crippen LogP contribution in [0.2, 0.25) is 0 Å². The molecular weight excluding hydrogens is 390 g/mol. The largest absolute Gasteiger partial charge is 0.472 e. The molecule has 7 heteroatoms. The van der Waals surface area contributed by atoms with Crippen molar-refractivity contribution in [2.75, 3.05) is 11.4 Å². The lowest BCUT2D eigenvalue weighted by Crippen LogP contribution is -2.26. The van der Waals surface area contributed by atoms with Gasteiger partial charge in [0.2, 0.25) is 0 Å². The van der Waals surface area contributed by atoms with Gasteiger partial charge in [-0.1, -0.05) is 30.3 Å². The Kier molecular flexibility index (Phi) is 4.82. The molecule has 0 aliphatic carbocycles. The molecule has 0 fully saturated rings. The second kappa shape index (κ2) is 7.44. The molecule has 0 amide bonds. The molecule has 4 rings (SSSR count). The summed E-state index contributed by atoms with van der Waals surface area (Å²) in [4.78, 5) is 12.2. The summed E-state index contributed by atoms with van der Waals surface area (Å²) in [5, 5.41) is 1.82.